The van der Waals surface area contributed by atoms with E-state index in [9.17, 15) is 4.79 Å². The molecule has 2 aliphatic heterocycles. The largest absolute Gasteiger partial charge is 0.444 e. The van der Waals surface area contributed by atoms with Crippen molar-refractivity contribution in [2.75, 3.05) is 32.8 Å². The molecule has 2 saturated heterocycles. The highest BCUT2D eigenvalue weighted by Crippen LogP contribution is 2.27. The molecule has 2 fully saturated rings. The Morgan fingerprint density at radius 2 is 2.22 bits per heavy atom. The average molecular weight is 256 g/mol. The van der Waals surface area contributed by atoms with Gasteiger partial charge >= 0.3 is 6.09 Å². The van der Waals surface area contributed by atoms with Crippen molar-refractivity contribution in [1.29, 1.82) is 0 Å². The van der Waals surface area contributed by atoms with Crippen molar-refractivity contribution in [3.05, 3.63) is 0 Å². The average Bonchev–Trinajstić information content (AvgIpc) is 2.51. The van der Waals surface area contributed by atoms with Crippen LogP contribution in [-0.4, -0.2) is 55.0 Å². The second kappa shape index (κ2) is 5.05. The van der Waals surface area contributed by atoms with Gasteiger partial charge in [0, 0.05) is 19.7 Å². The van der Waals surface area contributed by atoms with Crippen molar-refractivity contribution in [2.45, 2.75) is 44.8 Å². The number of likely N-dealkylation sites (tertiary alicyclic amines) is 1. The van der Waals surface area contributed by atoms with Crippen LogP contribution in [0.15, 0.2) is 0 Å². The number of hydrogen-bond donors (Lipinski definition) is 1. The highest BCUT2D eigenvalue weighted by molar-refractivity contribution is 5.68. The van der Waals surface area contributed by atoms with Gasteiger partial charge in [0.25, 0.3) is 0 Å². The Kier molecular flexibility index (Phi) is 3.82. The highest BCUT2D eigenvalue weighted by atomic mass is 16.6. The maximum absolute atomic E-state index is 12.0. The van der Waals surface area contributed by atoms with E-state index >= 15 is 0 Å². The van der Waals surface area contributed by atoms with Gasteiger partial charge < -0.3 is 19.7 Å². The van der Waals surface area contributed by atoms with Crippen LogP contribution in [0, 0.1) is 0 Å². The van der Waals surface area contributed by atoms with Gasteiger partial charge in [0.15, 0.2) is 0 Å². The number of hydrogen-bond acceptors (Lipinski definition) is 4. The third-order valence-corrected chi connectivity index (χ3v) is 3.32. The molecule has 2 aliphatic rings. The Hall–Kier alpha value is -0.810. The molecule has 5 heteroatoms. The molecule has 0 aromatic carbocycles. The van der Waals surface area contributed by atoms with Crippen LogP contribution < -0.4 is 5.32 Å². The minimum absolute atomic E-state index is 0.201. The fourth-order valence-corrected chi connectivity index (χ4v) is 2.44. The van der Waals surface area contributed by atoms with Crippen LogP contribution in [0.4, 0.5) is 4.79 Å². The monoisotopic (exact) mass is 256 g/mol. The van der Waals surface area contributed by atoms with E-state index in [0.717, 1.165) is 39.1 Å². The highest BCUT2D eigenvalue weighted by Gasteiger charge is 2.42. The molecule has 1 N–H and O–H groups in total. The number of nitrogens with zero attached hydrogens (tertiary/aromatic N) is 1. The number of carbonyl (C=O) groups excluding carboxylic acids is 1. The lowest BCUT2D eigenvalue weighted by Gasteiger charge is -2.29. The fraction of sp³-hybridized carbons (Fsp3) is 0.923. The van der Waals surface area contributed by atoms with Gasteiger partial charge in [-0.3, -0.25) is 0 Å². The number of rotatable bonds is 0. The molecule has 0 radical (unpaired) electrons. The van der Waals surface area contributed by atoms with Crippen LogP contribution in [0.5, 0.6) is 0 Å². The lowest BCUT2D eigenvalue weighted by atomic mass is 10.0. The summed E-state index contributed by atoms with van der Waals surface area (Å²) in [6.07, 6.45) is 1.69. The summed E-state index contributed by atoms with van der Waals surface area (Å²) in [6.45, 7) is 9.61. The van der Waals surface area contributed by atoms with E-state index in [2.05, 4.69) is 5.32 Å². The molecule has 2 heterocycles. The van der Waals surface area contributed by atoms with Gasteiger partial charge in [-0.25, -0.2) is 4.79 Å². The second-order valence-corrected chi connectivity index (χ2v) is 6.21. The van der Waals surface area contributed by atoms with E-state index in [1.54, 1.807) is 4.90 Å². The van der Waals surface area contributed by atoms with E-state index in [1.807, 2.05) is 20.8 Å². The minimum atomic E-state index is -0.435. The molecule has 0 aromatic heterocycles. The summed E-state index contributed by atoms with van der Waals surface area (Å²) in [5.74, 6) is 0. The van der Waals surface area contributed by atoms with Gasteiger partial charge in [0.2, 0.25) is 0 Å². The quantitative estimate of drug-likeness (QED) is 0.711. The molecule has 2 rings (SSSR count). The molecule has 104 valence electrons. The first kappa shape index (κ1) is 13.6. The van der Waals surface area contributed by atoms with Crippen molar-refractivity contribution in [3.8, 4) is 0 Å². The minimum Gasteiger partial charge on any atom is -0.444 e. The third kappa shape index (κ3) is 3.36. The fourth-order valence-electron chi connectivity index (χ4n) is 2.44. The molecule has 1 unspecified atom stereocenters. The predicted molar refractivity (Wildman–Crippen MR) is 68.6 cm³/mol. The summed E-state index contributed by atoms with van der Waals surface area (Å²) in [5, 5.41) is 3.38. The number of carbonyl (C=O) groups is 1. The normalized spacial score (nSPS) is 29.4. The number of amides is 1. The first-order valence-corrected chi connectivity index (χ1v) is 6.73. The molecule has 0 aromatic rings. The summed E-state index contributed by atoms with van der Waals surface area (Å²) in [5.41, 5.74) is -0.636. The van der Waals surface area contributed by atoms with Crippen molar-refractivity contribution in [1.82, 2.24) is 10.2 Å². The Balaban J connectivity index is 1.92. The van der Waals surface area contributed by atoms with Crippen LogP contribution in [0.3, 0.4) is 0 Å². The van der Waals surface area contributed by atoms with Crippen molar-refractivity contribution in [3.63, 3.8) is 0 Å². The molecular formula is C13H24N2O3. The topological polar surface area (TPSA) is 50.8 Å². The van der Waals surface area contributed by atoms with Gasteiger partial charge in [0.1, 0.15) is 5.60 Å². The maximum atomic E-state index is 12.0. The van der Waals surface area contributed by atoms with Crippen molar-refractivity contribution >= 4 is 6.09 Å². The molecule has 1 amide bonds. The summed E-state index contributed by atoms with van der Waals surface area (Å²) < 4.78 is 11.3. The van der Waals surface area contributed by atoms with Crippen LogP contribution in [0.25, 0.3) is 0 Å². The summed E-state index contributed by atoms with van der Waals surface area (Å²) in [7, 11) is 0. The second-order valence-electron chi connectivity index (χ2n) is 6.21. The lowest BCUT2D eigenvalue weighted by molar-refractivity contribution is -0.0284. The van der Waals surface area contributed by atoms with Gasteiger partial charge in [-0.2, -0.15) is 0 Å². The molecule has 0 aliphatic carbocycles. The third-order valence-electron chi connectivity index (χ3n) is 3.32. The Morgan fingerprint density at radius 3 is 2.94 bits per heavy atom. The van der Waals surface area contributed by atoms with Gasteiger partial charge in [-0.05, 0) is 40.2 Å². The van der Waals surface area contributed by atoms with E-state index < -0.39 is 5.60 Å². The van der Waals surface area contributed by atoms with Gasteiger partial charge in [-0.1, -0.05) is 0 Å². The molecule has 5 nitrogen and oxygen atoms in total. The van der Waals surface area contributed by atoms with Crippen molar-refractivity contribution in [2.24, 2.45) is 0 Å². The van der Waals surface area contributed by atoms with E-state index in [1.165, 1.54) is 0 Å². The Morgan fingerprint density at radius 1 is 1.44 bits per heavy atom. The standard InChI is InChI=1S/C13H24N2O3/c1-12(2,3)18-11(16)15-7-5-13(10-15)9-14-6-4-8-17-13/h14H,4-10H2,1-3H3. The van der Waals surface area contributed by atoms with Gasteiger partial charge in [-0.15, -0.1) is 0 Å². The molecule has 0 bridgehead atoms. The summed E-state index contributed by atoms with van der Waals surface area (Å²) >= 11 is 0. The van der Waals surface area contributed by atoms with Crippen molar-refractivity contribution < 1.29 is 14.3 Å². The zero-order valence-electron chi connectivity index (χ0n) is 11.6. The number of ether oxygens (including phenoxy) is 2. The Labute approximate surface area is 109 Å². The maximum Gasteiger partial charge on any atom is 0.410 e. The number of nitrogens with one attached hydrogen (secondary N) is 1. The molecule has 1 spiro atoms. The molecule has 18 heavy (non-hydrogen) atoms. The SMILES string of the molecule is CC(C)(C)OC(=O)N1CCC2(CNCCCO2)C1. The van der Waals surface area contributed by atoms with E-state index in [4.69, 9.17) is 9.47 Å². The molecule has 1 atom stereocenters. The van der Waals surface area contributed by atoms with Crippen LogP contribution in [0.1, 0.15) is 33.6 Å². The van der Waals surface area contributed by atoms with Crippen LogP contribution in [0.2, 0.25) is 0 Å². The van der Waals surface area contributed by atoms with Gasteiger partial charge in [0.05, 0.1) is 12.1 Å². The van der Waals surface area contributed by atoms with Crippen LogP contribution in [-0.2, 0) is 9.47 Å². The molecule has 0 saturated carbocycles. The zero-order chi connectivity index (χ0) is 13.2. The smallest absolute Gasteiger partial charge is 0.410 e. The molecular weight excluding hydrogens is 232 g/mol. The summed E-state index contributed by atoms with van der Waals surface area (Å²) in [6, 6.07) is 0. The van der Waals surface area contributed by atoms with Crippen LogP contribution >= 0.6 is 0 Å². The van der Waals surface area contributed by atoms with E-state index in [-0.39, 0.29) is 11.7 Å². The predicted octanol–water partition coefficient (Wildman–Crippen LogP) is 1.38. The summed E-state index contributed by atoms with van der Waals surface area (Å²) in [4.78, 5) is 13.8. The first-order chi connectivity index (χ1) is 8.40. The van der Waals surface area contributed by atoms with E-state index in [0.29, 0.717) is 6.54 Å². The lowest BCUT2D eigenvalue weighted by Crippen LogP contribution is -2.45. The first-order valence-electron chi connectivity index (χ1n) is 6.73. The Bertz CT molecular complexity index is 304. The zero-order valence-corrected chi connectivity index (χ0v) is 11.6.